The molecular formula is C12H24N2O2. The first kappa shape index (κ1) is 14.9. The van der Waals surface area contributed by atoms with Gasteiger partial charge < -0.3 is 9.80 Å². The average Bonchev–Trinajstić information content (AvgIpc) is 2.31. The van der Waals surface area contributed by atoms with Gasteiger partial charge in [-0.15, -0.1) is 0 Å². The summed E-state index contributed by atoms with van der Waals surface area (Å²) in [4.78, 5) is 26.4. The zero-order valence-electron chi connectivity index (χ0n) is 11.0. The lowest BCUT2D eigenvalue weighted by atomic mass is 10.3. The Bertz CT molecular complexity index is 229. The highest BCUT2D eigenvalue weighted by Gasteiger charge is 2.12. The van der Waals surface area contributed by atoms with Gasteiger partial charge in [-0.1, -0.05) is 20.8 Å². The standard InChI is InChI=1S/C12H24N2O2/c1-5-8-14(12(16)7-3)10-9-13(4)11(15)6-2/h5-10H2,1-4H3. The van der Waals surface area contributed by atoms with Crippen molar-refractivity contribution in [2.75, 3.05) is 26.7 Å². The van der Waals surface area contributed by atoms with Crippen molar-refractivity contribution in [3.63, 3.8) is 0 Å². The van der Waals surface area contributed by atoms with Gasteiger partial charge in [0.2, 0.25) is 11.8 Å². The van der Waals surface area contributed by atoms with E-state index in [1.54, 1.807) is 11.9 Å². The van der Waals surface area contributed by atoms with Gasteiger partial charge in [0.05, 0.1) is 0 Å². The lowest BCUT2D eigenvalue weighted by Gasteiger charge is -2.25. The molecule has 0 radical (unpaired) electrons. The van der Waals surface area contributed by atoms with Crippen LogP contribution in [0.2, 0.25) is 0 Å². The van der Waals surface area contributed by atoms with Gasteiger partial charge in [-0.25, -0.2) is 0 Å². The number of amides is 2. The molecule has 0 spiro atoms. The Morgan fingerprint density at radius 3 is 1.88 bits per heavy atom. The van der Waals surface area contributed by atoms with E-state index in [4.69, 9.17) is 0 Å². The molecule has 0 aromatic heterocycles. The third-order valence-corrected chi connectivity index (χ3v) is 2.58. The van der Waals surface area contributed by atoms with Gasteiger partial charge in [0, 0.05) is 39.5 Å². The minimum Gasteiger partial charge on any atom is -0.344 e. The van der Waals surface area contributed by atoms with Crippen LogP contribution in [0.5, 0.6) is 0 Å². The molecular weight excluding hydrogens is 204 g/mol. The highest BCUT2D eigenvalue weighted by atomic mass is 16.2. The molecule has 0 aliphatic rings. The molecule has 94 valence electrons. The molecule has 0 saturated carbocycles. The second kappa shape index (κ2) is 8.13. The zero-order valence-corrected chi connectivity index (χ0v) is 11.0. The maximum absolute atomic E-state index is 11.6. The van der Waals surface area contributed by atoms with Crippen molar-refractivity contribution in [2.24, 2.45) is 0 Å². The maximum atomic E-state index is 11.6. The van der Waals surface area contributed by atoms with E-state index >= 15 is 0 Å². The van der Waals surface area contributed by atoms with Crippen LogP contribution in [0.25, 0.3) is 0 Å². The summed E-state index contributed by atoms with van der Waals surface area (Å²) >= 11 is 0. The van der Waals surface area contributed by atoms with E-state index in [2.05, 4.69) is 6.92 Å². The molecule has 0 aromatic rings. The third kappa shape index (κ3) is 5.14. The number of carbonyl (C=O) groups excluding carboxylic acids is 2. The van der Waals surface area contributed by atoms with Gasteiger partial charge in [-0.3, -0.25) is 9.59 Å². The van der Waals surface area contributed by atoms with Gasteiger partial charge in [0.15, 0.2) is 0 Å². The third-order valence-electron chi connectivity index (χ3n) is 2.58. The molecule has 4 nitrogen and oxygen atoms in total. The van der Waals surface area contributed by atoms with Crippen molar-refractivity contribution >= 4 is 11.8 Å². The summed E-state index contributed by atoms with van der Waals surface area (Å²) in [5, 5.41) is 0. The molecule has 0 saturated heterocycles. The molecule has 0 heterocycles. The fraction of sp³-hybridized carbons (Fsp3) is 0.833. The molecule has 0 aliphatic carbocycles. The van der Waals surface area contributed by atoms with Gasteiger partial charge in [0.1, 0.15) is 0 Å². The predicted octanol–water partition coefficient (Wildman–Crippen LogP) is 1.50. The Labute approximate surface area is 98.6 Å². The van der Waals surface area contributed by atoms with Crippen LogP contribution in [0.15, 0.2) is 0 Å². The van der Waals surface area contributed by atoms with E-state index in [1.165, 1.54) is 0 Å². The lowest BCUT2D eigenvalue weighted by molar-refractivity contribution is -0.134. The van der Waals surface area contributed by atoms with Crippen LogP contribution >= 0.6 is 0 Å². The van der Waals surface area contributed by atoms with Crippen LogP contribution < -0.4 is 0 Å². The Morgan fingerprint density at radius 1 is 0.875 bits per heavy atom. The lowest BCUT2D eigenvalue weighted by Crippen LogP contribution is -2.39. The molecule has 4 heteroatoms. The fourth-order valence-electron chi connectivity index (χ4n) is 1.52. The monoisotopic (exact) mass is 228 g/mol. The molecule has 0 aromatic carbocycles. The zero-order chi connectivity index (χ0) is 12.6. The van der Waals surface area contributed by atoms with E-state index in [-0.39, 0.29) is 11.8 Å². The molecule has 0 unspecified atom stereocenters. The van der Waals surface area contributed by atoms with E-state index in [9.17, 15) is 9.59 Å². The smallest absolute Gasteiger partial charge is 0.222 e. The van der Waals surface area contributed by atoms with Crippen LogP contribution in [0.1, 0.15) is 40.0 Å². The summed E-state index contributed by atoms with van der Waals surface area (Å²) in [5.74, 6) is 0.291. The number of rotatable bonds is 7. The van der Waals surface area contributed by atoms with E-state index < -0.39 is 0 Å². The summed E-state index contributed by atoms with van der Waals surface area (Å²) in [6.07, 6.45) is 2.01. The Hall–Kier alpha value is -1.06. The van der Waals surface area contributed by atoms with Crippen LogP contribution in [0.3, 0.4) is 0 Å². The van der Waals surface area contributed by atoms with Gasteiger partial charge in [-0.2, -0.15) is 0 Å². The van der Waals surface area contributed by atoms with Crippen molar-refractivity contribution in [1.82, 2.24) is 9.80 Å². The Balaban J connectivity index is 4.10. The number of likely N-dealkylation sites (N-methyl/N-ethyl adjacent to an activating group) is 1. The van der Waals surface area contributed by atoms with Crippen LogP contribution in [0, 0.1) is 0 Å². The van der Waals surface area contributed by atoms with Crippen LogP contribution in [0.4, 0.5) is 0 Å². The highest BCUT2D eigenvalue weighted by Crippen LogP contribution is 1.98. The number of hydrogen-bond donors (Lipinski definition) is 0. The first-order valence-corrected chi connectivity index (χ1v) is 6.08. The minimum absolute atomic E-state index is 0.125. The Morgan fingerprint density at radius 2 is 1.44 bits per heavy atom. The number of hydrogen-bond acceptors (Lipinski definition) is 2. The molecule has 2 amide bonds. The first-order chi connectivity index (χ1) is 7.56. The second-order valence-corrected chi connectivity index (χ2v) is 3.90. The topological polar surface area (TPSA) is 40.6 Å². The molecule has 0 N–H and O–H groups in total. The van der Waals surface area contributed by atoms with Crippen molar-refractivity contribution in [1.29, 1.82) is 0 Å². The van der Waals surface area contributed by atoms with Crippen molar-refractivity contribution in [3.8, 4) is 0 Å². The summed E-state index contributed by atoms with van der Waals surface area (Å²) in [7, 11) is 1.78. The quantitative estimate of drug-likeness (QED) is 0.662. The molecule has 0 bridgehead atoms. The number of nitrogens with zero attached hydrogens (tertiary/aromatic N) is 2. The average molecular weight is 228 g/mol. The summed E-state index contributed by atoms with van der Waals surface area (Å²) in [6, 6.07) is 0. The van der Waals surface area contributed by atoms with Crippen molar-refractivity contribution < 1.29 is 9.59 Å². The van der Waals surface area contributed by atoms with Crippen molar-refractivity contribution in [3.05, 3.63) is 0 Å². The van der Waals surface area contributed by atoms with Gasteiger partial charge in [0.25, 0.3) is 0 Å². The maximum Gasteiger partial charge on any atom is 0.222 e. The van der Waals surface area contributed by atoms with Crippen LogP contribution in [-0.2, 0) is 9.59 Å². The molecule has 0 rings (SSSR count). The van der Waals surface area contributed by atoms with Gasteiger partial charge in [-0.05, 0) is 6.42 Å². The molecule has 0 atom stereocenters. The van der Waals surface area contributed by atoms with Crippen molar-refractivity contribution in [2.45, 2.75) is 40.0 Å². The minimum atomic E-state index is 0.125. The largest absolute Gasteiger partial charge is 0.344 e. The molecule has 0 aliphatic heterocycles. The normalized spacial score (nSPS) is 10.0. The van der Waals surface area contributed by atoms with E-state index in [0.717, 1.165) is 13.0 Å². The first-order valence-electron chi connectivity index (χ1n) is 6.08. The Kier molecular flexibility index (Phi) is 7.60. The number of carbonyl (C=O) groups is 2. The fourth-order valence-corrected chi connectivity index (χ4v) is 1.52. The molecule has 16 heavy (non-hydrogen) atoms. The summed E-state index contributed by atoms with van der Waals surface area (Å²) in [6.45, 7) is 7.81. The summed E-state index contributed by atoms with van der Waals surface area (Å²) < 4.78 is 0. The van der Waals surface area contributed by atoms with Crippen LogP contribution in [-0.4, -0.2) is 48.3 Å². The predicted molar refractivity (Wildman–Crippen MR) is 65.1 cm³/mol. The van der Waals surface area contributed by atoms with E-state index in [0.29, 0.717) is 25.9 Å². The highest BCUT2D eigenvalue weighted by molar-refractivity contribution is 5.76. The SMILES string of the molecule is CCCN(CCN(C)C(=O)CC)C(=O)CC. The van der Waals surface area contributed by atoms with Gasteiger partial charge >= 0.3 is 0 Å². The summed E-state index contributed by atoms with van der Waals surface area (Å²) in [5.41, 5.74) is 0. The second-order valence-electron chi connectivity index (χ2n) is 3.90. The molecule has 0 fully saturated rings. The van der Waals surface area contributed by atoms with E-state index in [1.807, 2.05) is 18.7 Å².